The molecule has 0 amide bonds. The smallest absolute Gasteiger partial charge is 0.137 e. The number of anilines is 3. The topological polar surface area (TPSA) is 29.3 Å². The summed E-state index contributed by atoms with van der Waals surface area (Å²) < 4.78 is 7.60. The lowest BCUT2D eigenvalue weighted by Crippen LogP contribution is -2.10. The van der Waals surface area contributed by atoms with Gasteiger partial charge in [0.2, 0.25) is 0 Å². The number of thiazole rings is 1. The summed E-state index contributed by atoms with van der Waals surface area (Å²) in [5.41, 5.74) is 14.2. The molecular weight excluding hydrogens is 665 g/mol. The number of benzene rings is 8. The van der Waals surface area contributed by atoms with Crippen LogP contribution in [0.4, 0.5) is 17.1 Å². The predicted octanol–water partition coefficient (Wildman–Crippen LogP) is 14.3. The van der Waals surface area contributed by atoms with Gasteiger partial charge in [-0.05, 0) is 88.0 Å². The average Bonchev–Trinajstić information content (AvgIpc) is 3.84. The van der Waals surface area contributed by atoms with Gasteiger partial charge in [0.25, 0.3) is 0 Å². The lowest BCUT2D eigenvalue weighted by molar-refractivity contribution is 0.669. The first-order valence-electron chi connectivity index (χ1n) is 17.8. The van der Waals surface area contributed by atoms with Gasteiger partial charge in [0.1, 0.15) is 16.2 Å². The van der Waals surface area contributed by atoms with E-state index in [1.54, 1.807) is 11.3 Å². The molecule has 2 heterocycles. The Morgan fingerprint density at radius 1 is 0.396 bits per heavy atom. The molecule has 250 valence electrons. The van der Waals surface area contributed by atoms with Crippen LogP contribution in [0.15, 0.2) is 199 Å². The maximum atomic E-state index is 6.46. The molecule has 10 rings (SSSR count). The van der Waals surface area contributed by atoms with Crippen LogP contribution in [0.1, 0.15) is 0 Å². The van der Waals surface area contributed by atoms with Gasteiger partial charge in [-0.15, -0.1) is 11.3 Å². The van der Waals surface area contributed by atoms with Crippen LogP contribution in [-0.4, -0.2) is 4.98 Å². The zero-order chi connectivity index (χ0) is 35.1. The summed E-state index contributed by atoms with van der Waals surface area (Å²) in [5.74, 6) is 0. The normalized spacial score (nSPS) is 11.4. The molecule has 0 saturated heterocycles. The molecule has 0 unspecified atom stereocenters. The number of hydrogen-bond acceptors (Lipinski definition) is 4. The Balaban J connectivity index is 1.09. The molecule has 0 fully saturated rings. The van der Waals surface area contributed by atoms with E-state index in [2.05, 4.69) is 193 Å². The Bertz CT molecular complexity index is 2860. The highest BCUT2D eigenvalue weighted by atomic mass is 32.1. The Morgan fingerprint density at radius 3 is 1.57 bits per heavy atom. The van der Waals surface area contributed by atoms with Crippen LogP contribution in [0, 0.1) is 0 Å². The molecule has 0 spiro atoms. The second-order valence-corrected chi connectivity index (χ2v) is 14.2. The Morgan fingerprint density at radius 2 is 0.906 bits per heavy atom. The number of furan rings is 1. The Hall–Kier alpha value is -6.75. The first-order valence-corrected chi connectivity index (χ1v) is 18.6. The quantitative estimate of drug-likeness (QED) is 0.166. The summed E-state index contributed by atoms with van der Waals surface area (Å²) in [6.07, 6.45) is 0. The highest BCUT2D eigenvalue weighted by Crippen LogP contribution is 2.44. The van der Waals surface area contributed by atoms with E-state index < -0.39 is 0 Å². The molecule has 0 atom stereocenters. The van der Waals surface area contributed by atoms with E-state index in [1.807, 2.05) is 6.07 Å². The van der Waals surface area contributed by atoms with Crippen LogP contribution in [0.3, 0.4) is 0 Å². The molecule has 0 bridgehead atoms. The number of fused-ring (bicyclic) bond motifs is 5. The van der Waals surface area contributed by atoms with Gasteiger partial charge in [-0.25, -0.2) is 4.98 Å². The van der Waals surface area contributed by atoms with Crippen molar-refractivity contribution in [2.45, 2.75) is 0 Å². The van der Waals surface area contributed by atoms with Gasteiger partial charge in [-0.3, -0.25) is 0 Å². The molecule has 10 aromatic rings. The van der Waals surface area contributed by atoms with Crippen molar-refractivity contribution in [3.05, 3.63) is 194 Å². The van der Waals surface area contributed by atoms with E-state index in [1.165, 1.54) is 27.8 Å². The highest BCUT2D eigenvalue weighted by Gasteiger charge is 2.19. The second kappa shape index (κ2) is 13.1. The van der Waals surface area contributed by atoms with Crippen LogP contribution in [0.2, 0.25) is 0 Å². The van der Waals surface area contributed by atoms with Crippen molar-refractivity contribution >= 4 is 60.6 Å². The van der Waals surface area contributed by atoms with Gasteiger partial charge < -0.3 is 9.32 Å². The number of nitrogens with zero attached hydrogens (tertiary/aromatic N) is 2. The van der Waals surface area contributed by atoms with E-state index in [-0.39, 0.29) is 0 Å². The van der Waals surface area contributed by atoms with E-state index in [0.29, 0.717) is 0 Å². The summed E-state index contributed by atoms with van der Waals surface area (Å²) >= 11 is 1.72. The maximum absolute atomic E-state index is 6.46. The summed E-state index contributed by atoms with van der Waals surface area (Å²) in [4.78, 5) is 7.37. The molecular formula is C49H32N2OS. The summed E-state index contributed by atoms with van der Waals surface area (Å²) in [5, 5.41) is 3.18. The van der Waals surface area contributed by atoms with E-state index in [9.17, 15) is 0 Å². The molecule has 0 aliphatic carbocycles. The van der Waals surface area contributed by atoms with Crippen LogP contribution >= 0.6 is 11.3 Å². The van der Waals surface area contributed by atoms with Gasteiger partial charge >= 0.3 is 0 Å². The SMILES string of the molecule is c1ccc(-c2ccc(-c3ccc(N(c4cccc(-c5ccccc5)c4)c4ccc5oc6ccc7nc(-c8ccccc8)sc7c6c5c4)cc3)cc2)cc1. The minimum absolute atomic E-state index is 0.859. The zero-order valence-electron chi connectivity index (χ0n) is 28.7. The molecule has 0 saturated carbocycles. The highest BCUT2D eigenvalue weighted by molar-refractivity contribution is 7.22. The largest absolute Gasteiger partial charge is 0.456 e. The van der Waals surface area contributed by atoms with Gasteiger partial charge in [0, 0.05) is 33.4 Å². The molecule has 4 heteroatoms. The Kier molecular flexibility index (Phi) is 7.67. The standard InChI is InChI=1S/C49H32N2OS/c1-4-11-33(12-5-1)35-19-21-36(22-20-35)37-23-25-40(26-24-37)51(41-18-10-17-39(31-41)34-13-6-2-7-14-34)42-27-29-45-43(32-42)47-46(52-45)30-28-44-48(47)53-49(50-44)38-15-8-3-9-16-38/h1-32H. The van der Waals surface area contributed by atoms with E-state index >= 15 is 0 Å². The van der Waals surface area contributed by atoms with Crippen molar-refractivity contribution in [1.29, 1.82) is 0 Å². The number of aromatic nitrogens is 1. The van der Waals surface area contributed by atoms with Crippen molar-refractivity contribution in [3.8, 4) is 44.0 Å². The fourth-order valence-corrected chi connectivity index (χ4v) is 8.39. The third-order valence-corrected chi connectivity index (χ3v) is 11.1. The van der Waals surface area contributed by atoms with Crippen molar-refractivity contribution in [1.82, 2.24) is 4.98 Å². The summed E-state index contributed by atoms with van der Waals surface area (Å²) in [6.45, 7) is 0. The van der Waals surface area contributed by atoms with Crippen molar-refractivity contribution < 1.29 is 4.42 Å². The zero-order valence-corrected chi connectivity index (χ0v) is 29.5. The van der Waals surface area contributed by atoms with Crippen LogP contribution < -0.4 is 4.90 Å². The van der Waals surface area contributed by atoms with Crippen LogP contribution in [-0.2, 0) is 0 Å². The van der Waals surface area contributed by atoms with Gasteiger partial charge in [0.15, 0.2) is 0 Å². The fraction of sp³-hybridized carbons (Fsp3) is 0. The molecule has 0 aliphatic rings. The minimum atomic E-state index is 0.859. The van der Waals surface area contributed by atoms with Crippen molar-refractivity contribution in [3.63, 3.8) is 0 Å². The molecule has 0 N–H and O–H groups in total. The van der Waals surface area contributed by atoms with Gasteiger partial charge in [-0.1, -0.05) is 140 Å². The first-order chi connectivity index (χ1) is 26.2. The number of hydrogen-bond donors (Lipinski definition) is 0. The fourth-order valence-electron chi connectivity index (χ4n) is 7.27. The second-order valence-electron chi connectivity index (χ2n) is 13.2. The maximum Gasteiger partial charge on any atom is 0.137 e. The third kappa shape index (κ3) is 5.76. The van der Waals surface area contributed by atoms with Crippen molar-refractivity contribution in [2.75, 3.05) is 4.90 Å². The summed E-state index contributed by atoms with van der Waals surface area (Å²) in [6, 6.07) is 68.6. The van der Waals surface area contributed by atoms with Crippen molar-refractivity contribution in [2.24, 2.45) is 0 Å². The van der Waals surface area contributed by atoms with Crippen LogP contribution in [0.5, 0.6) is 0 Å². The summed E-state index contributed by atoms with van der Waals surface area (Å²) in [7, 11) is 0. The van der Waals surface area contributed by atoms with Crippen LogP contribution in [0.25, 0.3) is 76.1 Å². The predicted molar refractivity (Wildman–Crippen MR) is 223 cm³/mol. The van der Waals surface area contributed by atoms with Gasteiger partial charge in [-0.2, -0.15) is 0 Å². The minimum Gasteiger partial charge on any atom is -0.456 e. The Labute approximate surface area is 311 Å². The lowest BCUT2D eigenvalue weighted by atomic mass is 10.00. The molecule has 53 heavy (non-hydrogen) atoms. The van der Waals surface area contributed by atoms with E-state index in [0.717, 1.165) is 65.4 Å². The van der Waals surface area contributed by atoms with E-state index in [4.69, 9.17) is 9.40 Å². The molecule has 8 aromatic carbocycles. The monoisotopic (exact) mass is 696 g/mol. The first kappa shape index (κ1) is 31.0. The lowest BCUT2D eigenvalue weighted by Gasteiger charge is -2.26. The molecule has 0 radical (unpaired) electrons. The molecule has 3 nitrogen and oxygen atoms in total. The molecule has 2 aromatic heterocycles. The van der Waals surface area contributed by atoms with Gasteiger partial charge in [0.05, 0.1) is 10.2 Å². The average molecular weight is 697 g/mol. The molecule has 0 aliphatic heterocycles. The third-order valence-electron chi connectivity index (χ3n) is 9.91. The number of rotatable bonds is 7.